The Hall–Kier alpha value is -2.10. The minimum Gasteiger partial charge on any atom is -0.338 e. The van der Waals surface area contributed by atoms with Crippen LogP contribution in [-0.4, -0.2) is 68.6 Å². The molecule has 3 unspecified atom stereocenters. The second-order valence-electron chi connectivity index (χ2n) is 7.49. The van der Waals surface area contributed by atoms with Crippen molar-refractivity contribution >= 4 is 29.4 Å². The number of aromatic nitrogens is 2. The summed E-state index contributed by atoms with van der Waals surface area (Å²) >= 11 is 1.08. The van der Waals surface area contributed by atoms with Crippen LogP contribution in [0.5, 0.6) is 0 Å². The molecule has 0 spiro atoms. The zero-order valence-corrected chi connectivity index (χ0v) is 15.9. The van der Waals surface area contributed by atoms with Crippen molar-refractivity contribution in [1.29, 1.82) is 0 Å². The van der Waals surface area contributed by atoms with Gasteiger partial charge in [0.2, 0.25) is 5.91 Å². The summed E-state index contributed by atoms with van der Waals surface area (Å²) in [5.74, 6) is -0.849. The Kier molecular flexibility index (Phi) is 4.83. The van der Waals surface area contributed by atoms with E-state index in [0.29, 0.717) is 49.3 Å². The number of likely N-dealkylation sites (tertiary alicyclic amines) is 1. The highest BCUT2D eigenvalue weighted by Gasteiger charge is 2.47. The van der Waals surface area contributed by atoms with Gasteiger partial charge in [0.1, 0.15) is 11.0 Å². The maximum Gasteiger partial charge on any atom is 0.324 e. The van der Waals surface area contributed by atoms with Gasteiger partial charge in [0.25, 0.3) is 5.91 Å². The number of alkyl halides is 1. The topological polar surface area (TPSA) is 95.5 Å². The molecule has 0 radical (unpaired) electrons. The van der Waals surface area contributed by atoms with E-state index in [1.807, 2.05) is 0 Å². The summed E-state index contributed by atoms with van der Waals surface area (Å²) in [7, 11) is 0. The number of aryl methyl sites for hydroxylation is 1. The van der Waals surface area contributed by atoms with E-state index >= 15 is 0 Å². The maximum absolute atomic E-state index is 13.8. The van der Waals surface area contributed by atoms with Gasteiger partial charge in [0.05, 0.1) is 11.6 Å². The van der Waals surface area contributed by atoms with Gasteiger partial charge in [-0.25, -0.2) is 9.18 Å². The lowest BCUT2D eigenvalue weighted by Gasteiger charge is -2.45. The Labute approximate surface area is 160 Å². The van der Waals surface area contributed by atoms with Crippen LogP contribution in [0.2, 0.25) is 0 Å². The zero-order chi connectivity index (χ0) is 19.1. The van der Waals surface area contributed by atoms with Gasteiger partial charge in [-0.05, 0) is 50.6 Å². The predicted octanol–water partition coefficient (Wildman–Crippen LogP) is 1.51. The van der Waals surface area contributed by atoms with E-state index < -0.39 is 12.1 Å². The number of carbonyl (C=O) groups excluding carboxylic acids is 3. The summed E-state index contributed by atoms with van der Waals surface area (Å²) in [5, 5.41) is 6.75. The van der Waals surface area contributed by atoms with E-state index in [1.54, 1.807) is 11.8 Å². The molecule has 2 aliphatic heterocycles. The molecular weight excluding hydrogens is 373 g/mol. The molecule has 4 rings (SSSR count). The predicted molar refractivity (Wildman–Crippen MR) is 95.0 cm³/mol. The van der Waals surface area contributed by atoms with Crippen molar-refractivity contribution in [2.75, 3.05) is 13.1 Å². The summed E-state index contributed by atoms with van der Waals surface area (Å²) in [6.45, 7) is 2.66. The average molecular weight is 395 g/mol. The van der Waals surface area contributed by atoms with Crippen molar-refractivity contribution in [2.24, 2.45) is 5.92 Å². The van der Waals surface area contributed by atoms with E-state index in [-0.39, 0.29) is 36.3 Å². The van der Waals surface area contributed by atoms with E-state index in [0.717, 1.165) is 11.5 Å². The summed E-state index contributed by atoms with van der Waals surface area (Å²) < 4.78 is 17.6. The SMILES string of the molecule is Cc1nnsc1C(=O)N1CCC(N2C(=O)NC3CCC(F)CC3C2=O)CC1. The number of urea groups is 1. The number of nitrogens with one attached hydrogen (secondary N) is 1. The van der Waals surface area contributed by atoms with Crippen molar-refractivity contribution in [3.8, 4) is 0 Å². The number of piperidine rings is 1. The van der Waals surface area contributed by atoms with Crippen LogP contribution in [0.3, 0.4) is 0 Å². The molecule has 4 amide bonds. The Morgan fingerprint density at radius 1 is 1.22 bits per heavy atom. The Bertz CT molecular complexity index is 764. The zero-order valence-electron chi connectivity index (χ0n) is 15.1. The van der Waals surface area contributed by atoms with Crippen molar-refractivity contribution < 1.29 is 18.8 Å². The highest BCUT2D eigenvalue weighted by Crippen LogP contribution is 2.33. The lowest BCUT2D eigenvalue weighted by molar-refractivity contribution is -0.140. The first-order chi connectivity index (χ1) is 13.0. The molecule has 8 nitrogen and oxygen atoms in total. The summed E-state index contributed by atoms with van der Waals surface area (Å²) in [6, 6.07) is -0.897. The molecule has 0 bridgehead atoms. The molecular formula is C17H22FN5O3S. The lowest BCUT2D eigenvalue weighted by atomic mass is 9.80. The van der Waals surface area contributed by atoms with Gasteiger partial charge in [-0.1, -0.05) is 4.49 Å². The number of amides is 4. The Morgan fingerprint density at radius 3 is 2.63 bits per heavy atom. The molecule has 2 saturated heterocycles. The average Bonchev–Trinajstić information content (AvgIpc) is 3.08. The third-order valence-electron chi connectivity index (χ3n) is 5.83. The maximum atomic E-state index is 13.8. The summed E-state index contributed by atoms with van der Waals surface area (Å²) in [5.41, 5.74) is 0.613. The molecule has 1 aromatic heterocycles. The largest absolute Gasteiger partial charge is 0.338 e. The first kappa shape index (κ1) is 18.3. The molecule has 146 valence electrons. The highest BCUT2D eigenvalue weighted by molar-refractivity contribution is 7.07. The second-order valence-corrected chi connectivity index (χ2v) is 8.25. The summed E-state index contributed by atoms with van der Waals surface area (Å²) in [6.07, 6.45) is 1.13. The van der Waals surface area contributed by atoms with E-state index in [9.17, 15) is 18.8 Å². The third-order valence-corrected chi connectivity index (χ3v) is 6.65. The molecule has 3 atom stereocenters. The highest BCUT2D eigenvalue weighted by atomic mass is 32.1. The molecule has 10 heteroatoms. The number of rotatable bonds is 2. The number of imide groups is 1. The van der Waals surface area contributed by atoms with E-state index in [2.05, 4.69) is 14.9 Å². The van der Waals surface area contributed by atoms with Crippen LogP contribution < -0.4 is 5.32 Å². The molecule has 1 aromatic rings. The lowest BCUT2D eigenvalue weighted by Crippen LogP contribution is -2.65. The van der Waals surface area contributed by atoms with E-state index in [1.165, 1.54) is 4.90 Å². The van der Waals surface area contributed by atoms with Gasteiger partial charge in [-0.3, -0.25) is 14.5 Å². The number of nitrogens with zero attached hydrogens (tertiary/aromatic N) is 4. The minimum absolute atomic E-state index is 0.108. The minimum atomic E-state index is -0.984. The quantitative estimate of drug-likeness (QED) is 0.819. The fourth-order valence-electron chi connectivity index (χ4n) is 4.32. The van der Waals surface area contributed by atoms with Crippen LogP contribution in [0.15, 0.2) is 0 Å². The molecule has 27 heavy (non-hydrogen) atoms. The van der Waals surface area contributed by atoms with Gasteiger partial charge in [-0.2, -0.15) is 0 Å². The number of carbonyl (C=O) groups is 3. The van der Waals surface area contributed by atoms with Gasteiger partial charge in [0, 0.05) is 25.2 Å². The van der Waals surface area contributed by atoms with Crippen molar-refractivity contribution in [1.82, 2.24) is 24.7 Å². The van der Waals surface area contributed by atoms with Gasteiger partial charge < -0.3 is 10.2 Å². The van der Waals surface area contributed by atoms with E-state index in [4.69, 9.17) is 0 Å². The first-order valence-corrected chi connectivity index (χ1v) is 10.1. The molecule has 3 fully saturated rings. The molecule has 0 aromatic carbocycles. The standard InChI is InChI=1S/C17H22FN5O3S/c1-9-14(27-21-20-9)16(25)22-6-4-11(5-7-22)23-15(24)12-8-10(18)2-3-13(12)19-17(23)26/h10-13H,2-8H2,1H3,(H,19,26). The van der Waals surface area contributed by atoms with Crippen LogP contribution in [0.4, 0.5) is 9.18 Å². The Morgan fingerprint density at radius 2 is 1.96 bits per heavy atom. The molecule has 1 N–H and O–H groups in total. The number of hydrogen-bond donors (Lipinski definition) is 1. The van der Waals surface area contributed by atoms with Gasteiger partial charge in [0.15, 0.2) is 0 Å². The van der Waals surface area contributed by atoms with Crippen molar-refractivity contribution in [2.45, 2.75) is 57.3 Å². The number of hydrogen-bond acceptors (Lipinski definition) is 6. The third kappa shape index (κ3) is 3.30. The van der Waals surface area contributed by atoms with Crippen LogP contribution in [0.25, 0.3) is 0 Å². The number of halogens is 1. The Balaban J connectivity index is 1.41. The normalized spacial score (nSPS) is 29.5. The monoisotopic (exact) mass is 395 g/mol. The van der Waals surface area contributed by atoms with Crippen molar-refractivity contribution in [3.05, 3.63) is 10.6 Å². The fraction of sp³-hybridized carbons (Fsp3) is 0.706. The number of fused-ring (bicyclic) bond motifs is 1. The first-order valence-electron chi connectivity index (χ1n) is 9.31. The van der Waals surface area contributed by atoms with Crippen LogP contribution >= 0.6 is 11.5 Å². The fourth-order valence-corrected chi connectivity index (χ4v) is 4.94. The molecule has 1 saturated carbocycles. The van der Waals surface area contributed by atoms with Gasteiger partial charge >= 0.3 is 6.03 Å². The summed E-state index contributed by atoms with van der Waals surface area (Å²) in [4.78, 5) is 41.4. The van der Waals surface area contributed by atoms with Crippen molar-refractivity contribution in [3.63, 3.8) is 0 Å². The molecule has 1 aliphatic carbocycles. The molecule has 3 aliphatic rings. The smallest absolute Gasteiger partial charge is 0.324 e. The van der Waals surface area contributed by atoms with Crippen LogP contribution in [0, 0.1) is 12.8 Å². The van der Waals surface area contributed by atoms with Crippen LogP contribution in [0.1, 0.15) is 47.5 Å². The van der Waals surface area contributed by atoms with Gasteiger partial charge in [-0.15, -0.1) is 5.10 Å². The molecule has 3 heterocycles. The van der Waals surface area contributed by atoms with Crippen LogP contribution in [-0.2, 0) is 4.79 Å². The second kappa shape index (κ2) is 7.14.